The Morgan fingerprint density at radius 1 is 1.47 bits per heavy atom. The summed E-state index contributed by atoms with van der Waals surface area (Å²) >= 11 is 0. The zero-order valence-electron chi connectivity index (χ0n) is 9.34. The Balaban J connectivity index is 2.09. The molecule has 1 N–H and O–H groups in total. The van der Waals surface area contributed by atoms with Crippen LogP contribution in [0.25, 0.3) is 0 Å². The molecule has 1 aliphatic rings. The van der Waals surface area contributed by atoms with E-state index in [1.54, 1.807) is 0 Å². The van der Waals surface area contributed by atoms with Gasteiger partial charge < -0.3 is 9.67 Å². The molecule has 3 unspecified atom stereocenters. The summed E-state index contributed by atoms with van der Waals surface area (Å²) in [7, 11) is 0. The molecule has 3 atom stereocenters. The molecule has 15 heavy (non-hydrogen) atoms. The van der Waals surface area contributed by atoms with Crippen molar-refractivity contribution in [2.75, 3.05) is 0 Å². The van der Waals surface area contributed by atoms with Gasteiger partial charge in [0.15, 0.2) is 0 Å². The fourth-order valence-corrected chi connectivity index (χ4v) is 2.73. The Kier molecular flexibility index (Phi) is 3.41. The first kappa shape index (κ1) is 10.7. The molecule has 1 aromatic heterocycles. The lowest BCUT2D eigenvalue weighted by Crippen LogP contribution is -2.29. The lowest BCUT2D eigenvalue weighted by Gasteiger charge is -2.34. The van der Waals surface area contributed by atoms with E-state index in [4.69, 9.17) is 0 Å². The fraction of sp³-hybridized carbons (Fsp3) is 0.750. The second-order valence-electron chi connectivity index (χ2n) is 4.59. The summed E-state index contributed by atoms with van der Waals surface area (Å²) in [5.41, 5.74) is 0. The summed E-state index contributed by atoms with van der Waals surface area (Å²) in [5.74, 6) is 0.715. The summed E-state index contributed by atoms with van der Waals surface area (Å²) in [6, 6.07) is 0.455. The molecule has 1 aliphatic carbocycles. The van der Waals surface area contributed by atoms with Crippen molar-refractivity contribution in [3.8, 4) is 0 Å². The molecule has 2 rings (SSSR count). The zero-order valence-corrected chi connectivity index (χ0v) is 9.34. The number of aromatic nitrogens is 2. The van der Waals surface area contributed by atoms with Crippen LogP contribution >= 0.6 is 0 Å². The summed E-state index contributed by atoms with van der Waals surface area (Å²) in [6.45, 7) is 2.23. The smallest absolute Gasteiger partial charge is 0.0948 e. The maximum Gasteiger partial charge on any atom is 0.0948 e. The van der Waals surface area contributed by atoms with Crippen molar-refractivity contribution >= 4 is 0 Å². The highest BCUT2D eigenvalue weighted by Crippen LogP contribution is 2.36. The monoisotopic (exact) mass is 208 g/mol. The first-order valence-electron chi connectivity index (χ1n) is 5.96. The van der Waals surface area contributed by atoms with Gasteiger partial charge in [0.2, 0.25) is 0 Å². The van der Waals surface area contributed by atoms with Crippen LogP contribution in [0.5, 0.6) is 0 Å². The fourth-order valence-electron chi connectivity index (χ4n) is 2.73. The van der Waals surface area contributed by atoms with Gasteiger partial charge in [0.1, 0.15) is 0 Å². The van der Waals surface area contributed by atoms with E-state index in [-0.39, 0.29) is 6.10 Å². The van der Waals surface area contributed by atoms with Gasteiger partial charge in [-0.25, -0.2) is 4.98 Å². The highest BCUT2D eigenvalue weighted by atomic mass is 16.3. The van der Waals surface area contributed by atoms with Crippen LogP contribution in [-0.4, -0.2) is 20.8 Å². The molecule has 1 aromatic rings. The number of nitrogens with zero attached hydrogens (tertiary/aromatic N) is 2. The highest BCUT2D eigenvalue weighted by Gasteiger charge is 2.29. The normalized spacial score (nSPS) is 31.7. The molecule has 3 nitrogen and oxygen atoms in total. The molecule has 0 radical (unpaired) electrons. The van der Waals surface area contributed by atoms with Crippen molar-refractivity contribution in [1.82, 2.24) is 9.55 Å². The summed E-state index contributed by atoms with van der Waals surface area (Å²) in [4.78, 5) is 4.10. The Morgan fingerprint density at radius 2 is 2.33 bits per heavy atom. The topological polar surface area (TPSA) is 38.0 Å². The predicted molar refractivity (Wildman–Crippen MR) is 59.5 cm³/mol. The number of rotatable bonds is 3. The molecular weight excluding hydrogens is 188 g/mol. The third-order valence-corrected chi connectivity index (χ3v) is 3.50. The molecule has 1 fully saturated rings. The predicted octanol–water partition coefficient (Wildman–Crippen LogP) is 2.39. The van der Waals surface area contributed by atoms with Gasteiger partial charge in [-0.05, 0) is 31.6 Å². The van der Waals surface area contributed by atoms with Crippen LogP contribution < -0.4 is 0 Å². The number of aliphatic hydroxyl groups excluding tert-OH is 1. The van der Waals surface area contributed by atoms with E-state index in [0.717, 1.165) is 19.3 Å². The third kappa shape index (κ3) is 2.40. The van der Waals surface area contributed by atoms with E-state index in [1.165, 1.54) is 12.8 Å². The Morgan fingerprint density at radius 3 is 3.00 bits per heavy atom. The number of hydrogen-bond donors (Lipinski definition) is 1. The molecule has 0 bridgehead atoms. The van der Waals surface area contributed by atoms with E-state index >= 15 is 0 Å². The third-order valence-electron chi connectivity index (χ3n) is 3.50. The van der Waals surface area contributed by atoms with E-state index in [0.29, 0.717) is 12.0 Å². The van der Waals surface area contributed by atoms with Crippen molar-refractivity contribution < 1.29 is 5.11 Å². The number of imidazole rings is 1. The van der Waals surface area contributed by atoms with Gasteiger partial charge in [-0.15, -0.1) is 0 Å². The summed E-state index contributed by atoms with van der Waals surface area (Å²) in [6.07, 6.45) is 11.1. The largest absolute Gasteiger partial charge is 0.393 e. The SMILES string of the molecule is CCCC1CCC(O)CC1n1ccnc1. The molecule has 3 heteroatoms. The lowest BCUT2D eigenvalue weighted by atomic mass is 9.80. The van der Waals surface area contributed by atoms with Gasteiger partial charge in [0.05, 0.1) is 12.4 Å². The van der Waals surface area contributed by atoms with E-state index in [2.05, 4.69) is 16.5 Å². The van der Waals surface area contributed by atoms with Crippen LogP contribution in [0.3, 0.4) is 0 Å². The van der Waals surface area contributed by atoms with E-state index in [9.17, 15) is 5.11 Å². The standard InChI is InChI=1S/C12H20N2O/c1-2-3-10-4-5-11(15)8-12(10)14-7-6-13-9-14/h6-7,9-12,15H,2-5,8H2,1H3. The van der Waals surface area contributed by atoms with Crippen LogP contribution in [0.1, 0.15) is 45.1 Å². The Labute approximate surface area is 91.1 Å². The second kappa shape index (κ2) is 4.79. The Hall–Kier alpha value is -0.830. The maximum absolute atomic E-state index is 9.73. The molecule has 1 saturated carbocycles. The number of aliphatic hydroxyl groups is 1. The lowest BCUT2D eigenvalue weighted by molar-refractivity contribution is 0.0694. The zero-order chi connectivity index (χ0) is 10.7. The van der Waals surface area contributed by atoms with Gasteiger partial charge >= 0.3 is 0 Å². The van der Waals surface area contributed by atoms with E-state index in [1.807, 2.05) is 18.7 Å². The summed E-state index contributed by atoms with van der Waals surface area (Å²) in [5, 5.41) is 9.73. The molecule has 0 amide bonds. The van der Waals surface area contributed by atoms with E-state index < -0.39 is 0 Å². The van der Waals surface area contributed by atoms with Crippen molar-refractivity contribution in [1.29, 1.82) is 0 Å². The first-order valence-corrected chi connectivity index (χ1v) is 5.96. The minimum atomic E-state index is -0.120. The van der Waals surface area contributed by atoms with Crippen molar-refractivity contribution in [2.24, 2.45) is 5.92 Å². The van der Waals surface area contributed by atoms with Crippen LogP contribution in [-0.2, 0) is 0 Å². The van der Waals surface area contributed by atoms with Crippen molar-refractivity contribution in [3.05, 3.63) is 18.7 Å². The van der Waals surface area contributed by atoms with Crippen LogP contribution in [0, 0.1) is 5.92 Å². The molecule has 0 aromatic carbocycles. The first-order chi connectivity index (χ1) is 7.31. The van der Waals surface area contributed by atoms with Gasteiger partial charge in [-0.1, -0.05) is 13.3 Å². The highest BCUT2D eigenvalue weighted by molar-refractivity contribution is 4.88. The number of hydrogen-bond acceptors (Lipinski definition) is 2. The van der Waals surface area contributed by atoms with Gasteiger partial charge in [0, 0.05) is 18.4 Å². The Bertz CT molecular complexity index is 284. The average molecular weight is 208 g/mol. The van der Waals surface area contributed by atoms with Gasteiger partial charge in [-0.2, -0.15) is 0 Å². The maximum atomic E-state index is 9.73. The molecule has 0 aliphatic heterocycles. The summed E-state index contributed by atoms with van der Waals surface area (Å²) < 4.78 is 2.17. The second-order valence-corrected chi connectivity index (χ2v) is 4.59. The van der Waals surface area contributed by atoms with Crippen molar-refractivity contribution in [2.45, 2.75) is 51.2 Å². The molecular formula is C12H20N2O. The van der Waals surface area contributed by atoms with Gasteiger partial charge in [0.25, 0.3) is 0 Å². The average Bonchev–Trinajstić information content (AvgIpc) is 2.74. The molecule has 0 saturated heterocycles. The minimum absolute atomic E-state index is 0.120. The van der Waals surface area contributed by atoms with Crippen molar-refractivity contribution in [3.63, 3.8) is 0 Å². The van der Waals surface area contributed by atoms with Crippen LogP contribution in [0.15, 0.2) is 18.7 Å². The van der Waals surface area contributed by atoms with Gasteiger partial charge in [-0.3, -0.25) is 0 Å². The quantitative estimate of drug-likeness (QED) is 0.828. The molecule has 0 spiro atoms. The molecule has 1 heterocycles. The van der Waals surface area contributed by atoms with Crippen LogP contribution in [0.2, 0.25) is 0 Å². The minimum Gasteiger partial charge on any atom is -0.393 e. The van der Waals surface area contributed by atoms with Crippen LogP contribution in [0.4, 0.5) is 0 Å². The molecule has 84 valence electrons.